The van der Waals surface area contributed by atoms with Crippen molar-refractivity contribution in [3.63, 3.8) is 0 Å². The van der Waals surface area contributed by atoms with Crippen molar-refractivity contribution in [3.05, 3.63) is 35.9 Å². The molecule has 0 bridgehead atoms. The van der Waals surface area contributed by atoms with E-state index in [2.05, 4.69) is 35.6 Å². The molecule has 16 heavy (non-hydrogen) atoms. The van der Waals surface area contributed by atoms with E-state index in [1.165, 1.54) is 31.2 Å². The summed E-state index contributed by atoms with van der Waals surface area (Å²) in [7, 11) is 0. The van der Waals surface area contributed by atoms with Gasteiger partial charge in [0, 0.05) is 12.1 Å². The van der Waals surface area contributed by atoms with E-state index in [4.69, 9.17) is 5.73 Å². The number of rotatable bonds is 4. The second kappa shape index (κ2) is 6.02. The van der Waals surface area contributed by atoms with Gasteiger partial charge >= 0.3 is 0 Å². The zero-order valence-corrected chi connectivity index (χ0v) is 9.86. The molecule has 1 aromatic rings. The van der Waals surface area contributed by atoms with Crippen LogP contribution in [0.1, 0.15) is 31.2 Å². The zero-order valence-electron chi connectivity index (χ0n) is 9.86. The van der Waals surface area contributed by atoms with Gasteiger partial charge in [-0.3, -0.25) is 0 Å². The largest absolute Gasteiger partial charge is 0.326 e. The van der Waals surface area contributed by atoms with Crippen LogP contribution >= 0.6 is 0 Å². The van der Waals surface area contributed by atoms with Crippen LogP contribution in [0.25, 0.3) is 0 Å². The molecule has 1 saturated carbocycles. The molecule has 2 nitrogen and oxygen atoms in total. The van der Waals surface area contributed by atoms with Crippen LogP contribution in [0.2, 0.25) is 0 Å². The van der Waals surface area contributed by atoms with Crippen LogP contribution in [-0.2, 0) is 6.42 Å². The van der Waals surface area contributed by atoms with Crippen LogP contribution in [0.4, 0.5) is 0 Å². The molecule has 3 N–H and O–H groups in total. The topological polar surface area (TPSA) is 38.0 Å². The summed E-state index contributed by atoms with van der Waals surface area (Å²) in [6.45, 7) is 1.04. The third-order valence-electron chi connectivity index (χ3n) is 3.48. The first-order valence-corrected chi connectivity index (χ1v) is 6.39. The van der Waals surface area contributed by atoms with E-state index >= 15 is 0 Å². The molecule has 0 aromatic heterocycles. The molecular formula is C14H22N2. The lowest BCUT2D eigenvalue weighted by molar-refractivity contribution is 0.329. The van der Waals surface area contributed by atoms with Crippen molar-refractivity contribution in [2.75, 3.05) is 6.54 Å². The molecule has 2 atom stereocenters. The number of benzene rings is 1. The van der Waals surface area contributed by atoms with Gasteiger partial charge in [0.15, 0.2) is 0 Å². The first-order chi connectivity index (χ1) is 7.86. The molecule has 1 aliphatic carbocycles. The second-order valence-corrected chi connectivity index (χ2v) is 4.74. The van der Waals surface area contributed by atoms with E-state index in [0.29, 0.717) is 12.1 Å². The summed E-state index contributed by atoms with van der Waals surface area (Å²) < 4.78 is 0. The van der Waals surface area contributed by atoms with Gasteiger partial charge < -0.3 is 11.1 Å². The maximum absolute atomic E-state index is 6.10. The molecule has 2 rings (SSSR count). The third kappa shape index (κ3) is 3.32. The van der Waals surface area contributed by atoms with Crippen LogP contribution in [0.3, 0.4) is 0 Å². The van der Waals surface area contributed by atoms with Gasteiger partial charge in [0.2, 0.25) is 0 Å². The first-order valence-electron chi connectivity index (χ1n) is 6.39. The van der Waals surface area contributed by atoms with Crippen LogP contribution in [-0.4, -0.2) is 18.6 Å². The predicted octanol–water partition coefficient (Wildman–Crippen LogP) is 2.09. The Morgan fingerprint density at radius 2 is 1.88 bits per heavy atom. The van der Waals surface area contributed by atoms with Crippen molar-refractivity contribution in [3.8, 4) is 0 Å². The lowest BCUT2D eigenvalue weighted by Gasteiger charge is -2.29. The summed E-state index contributed by atoms with van der Waals surface area (Å²) in [5.74, 6) is 0. The molecule has 88 valence electrons. The average molecular weight is 218 g/mol. The van der Waals surface area contributed by atoms with Gasteiger partial charge in [-0.2, -0.15) is 0 Å². The van der Waals surface area contributed by atoms with Crippen LogP contribution in [0.15, 0.2) is 30.3 Å². The van der Waals surface area contributed by atoms with E-state index < -0.39 is 0 Å². The molecule has 1 aromatic carbocycles. The van der Waals surface area contributed by atoms with Gasteiger partial charge in [0.25, 0.3) is 0 Å². The molecule has 2 heteroatoms. The number of hydrogen-bond donors (Lipinski definition) is 2. The quantitative estimate of drug-likeness (QED) is 0.812. The Morgan fingerprint density at radius 1 is 1.12 bits per heavy atom. The first kappa shape index (κ1) is 11.6. The molecule has 0 aliphatic heterocycles. The fraction of sp³-hybridized carbons (Fsp3) is 0.571. The SMILES string of the molecule is N[C@H]1CCCC[C@@H]1NCCc1ccccc1. The van der Waals surface area contributed by atoms with Gasteiger partial charge in [-0.05, 0) is 31.4 Å². The molecule has 0 amide bonds. The number of nitrogens with two attached hydrogens (primary N) is 1. The number of hydrogen-bond acceptors (Lipinski definition) is 2. The fourth-order valence-electron chi connectivity index (χ4n) is 2.46. The van der Waals surface area contributed by atoms with Gasteiger partial charge in [0.1, 0.15) is 0 Å². The molecule has 0 heterocycles. The maximum atomic E-state index is 6.10. The van der Waals surface area contributed by atoms with Gasteiger partial charge in [-0.25, -0.2) is 0 Å². The van der Waals surface area contributed by atoms with Gasteiger partial charge in [0.05, 0.1) is 0 Å². The summed E-state index contributed by atoms with van der Waals surface area (Å²) in [6.07, 6.45) is 6.16. The van der Waals surface area contributed by atoms with Crippen molar-refractivity contribution < 1.29 is 0 Å². The highest BCUT2D eigenvalue weighted by atomic mass is 14.9. The van der Waals surface area contributed by atoms with Gasteiger partial charge in [-0.15, -0.1) is 0 Å². The second-order valence-electron chi connectivity index (χ2n) is 4.74. The smallest absolute Gasteiger partial charge is 0.0219 e. The molecular weight excluding hydrogens is 196 g/mol. The highest BCUT2D eigenvalue weighted by Crippen LogP contribution is 2.16. The highest BCUT2D eigenvalue weighted by molar-refractivity contribution is 5.14. The summed E-state index contributed by atoms with van der Waals surface area (Å²) in [4.78, 5) is 0. The normalized spacial score (nSPS) is 25.6. The molecule has 0 spiro atoms. The highest BCUT2D eigenvalue weighted by Gasteiger charge is 2.20. The Balaban J connectivity index is 1.71. The van der Waals surface area contributed by atoms with Crippen LogP contribution in [0.5, 0.6) is 0 Å². The number of nitrogens with one attached hydrogen (secondary N) is 1. The Bertz CT molecular complexity index is 297. The minimum atomic E-state index is 0.365. The molecule has 0 saturated heterocycles. The Labute approximate surface area is 98.2 Å². The van der Waals surface area contributed by atoms with Crippen molar-refractivity contribution in [1.29, 1.82) is 0 Å². The van der Waals surface area contributed by atoms with Crippen molar-refractivity contribution in [2.24, 2.45) is 5.73 Å². The minimum Gasteiger partial charge on any atom is -0.326 e. The summed E-state index contributed by atoms with van der Waals surface area (Å²) in [5.41, 5.74) is 7.50. The Kier molecular flexibility index (Phi) is 4.37. The molecule has 1 fully saturated rings. The van der Waals surface area contributed by atoms with Crippen molar-refractivity contribution >= 4 is 0 Å². The third-order valence-corrected chi connectivity index (χ3v) is 3.48. The monoisotopic (exact) mass is 218 g/mol. The predicted molar refractivity (Wildman–Crippen MR) is 68.4 cm³/mol. The average Bonchev–Trinajstić information content (AvgIpc) is 2.33. The van der Waals surface area contributed by atoms with E-state index in [1.807, 2.05) is 0 Å². The van der Waals surface area contributed by atoms with Gasteiger partial charge in [-0.1, -0.05) is 43.2 Å². The van der Waals surface area contributed by atoms with Crippen LogP contribution < -0.4 is 11.1 Å². The molecule has 0 unspecified atom stereocenters. The lowest BCUT2D eigenvalue weighted by Crippen LogP contribution is -2.47. The van der Waals surface area contributed by atoms with E-state index in [0.717, 1.165) is 13.0 Å². The minimum absolute atomic E-state index is 0.365. The molecule has 1 aliphatic rings. The molecule has 0 radical (unpaired) electrons. The lowest BCUT2D eigenvalue weighted by atomic mass is 9.91. The summed E-state index contributed by atoms with van der Waals surface area (Å²) in [6, 6.07) is 11.5. The fourth-order valence-corrected chi connectivity index (χ4v) is 2.46. The van der Waals surface area contributed by atoms with Crippen molar-refractivity contribution in [1.82, 2.24) is 5.32 Å². The summed E-state index contributed by atoms with van der Waals surface area (Å²) >= 11 is 0. The van der Waals surface area contributed by atoms with Crippen molar-refractivity contribution in [2.45, 2.75) is 44.2 Å². The van der Waals surface area contributed by atoms with Crippen LogP contribution in [0, 0.1) is 0 Å². The van der Waals surface area contributed by atoms with E-state index in [9.17, 15) is 0 Å². The Hall–Kier alpha value is -0.860. The maximum Gasteiger partial charge on any atom is 0.0219 e. The standard InChI is InChI=1S/C14H22N2/c15-13-8-4-5-9-14(13)16-11-10-12-6-2-1-3-7-12/h1-3,6-7,13-14,16H,4-5,8-11,15H2/t13-,14-/m0/s1. The summed E-state index contributed by atoms with van der Waals surface area (Å²) in [5, 5.41) is 3.59. The van der Waals surface area contributed by atoms with E-state index in [-0.39, 0.29) is 0 Å². The Morgan fingerprint density at radius 3 is 2.62 bits per heavy atom. The van der Waals surface area contributed by atoms with E-state index in [1.54, 1.807) is 0 Å². The zero-order chi connectivity index (χ0) is 11.2.